The van der Waals surface area contributed by atoms with Crippen LogP contribution in [0.4, 0.5) is 0 Å². The molecule has 0 aliphatic heterocycles. The van der Waals surface area contributed by atoms with E-state index in [1.54, 1.807) is 6.08 Å². The molecule has 0 aliphatic rings. The first-order valence-electron chi connectivity index (χ1n) is 9.54. The van der Waals surface area contributed by atoms with Crippen molar-refractivity contribution in [3.8, 4) is 0 Å². The van der Waals surface area contributed by atoms with Gasteiger partial charge in [-0.25, -0.2) is 9.78 Å². The van der Waals surface area contributed by atoms with E-state index in [2.05, 4.69) is 9.72 Å². The van der Waals surface area contributed by atoms with Crippen LogP contribution in [-0.2, 0) is 22.5 Å². The van der Waals surface area contributed by atoms with Crippen LogP contribution in [0.1, 0.15) is 35.1 Å². The van der Waals surface area contributed by atoms with Crippen molar-refractivity contribution >= 4 is 47.4 Å². The number of halogens is 2. The van der Waals surface area contributed by atoms with E-state index < -0.39 is 5.97 Å². The molecule has 30 heavy (non-hydrogen) atoms. The molecule has 0 saturated carbocycles. The Kier molecular flexibility index (Phi) is 7.50. The summed E-state index contributed by atoms with van der Waals surface area (Å²) in [6.45, 7) is 2.49. The van der Waals surface area contributed by atoms with Gasteiger partial charge in [0.2, 0.25) is 0 Å². The third kappa shape index (κ3) is 5.41. The summed E-state index contributed by atoms with van der Waals surface area (Å²) in [5, 5.41) is 0.991. The van der Waals surface area contributed by atoms with Gasteiger partial charge in [0.25, 0.3) is 0 Å². The van der Waals surface area contributed by atoms with Crippen LogP contribution in [0.15, 0.2) is 54.6 Å². The zero-order valence-electron chi connectivity index (χ0n) is 16.8. The molecule has 0 N–H and O–H groups in total. The summed E-state index contributed by atoms with van der Waals surface area (Å²) >= 11 is 12.9. The summed E-state index contributed by atoms with van der Waals surface area (Å²) in [6.07, 6.45) is 7.72. The predicted molar refractivity (Wildman–Crippen MR) is 124 cm³/mol. The fourth-order valence-corrected chi connectivity index (χ4v) is 3.54. The zero-order valence-corrected chi connectivity index (χ0v) is 18.3. The minimum Gasteiger partial charge on any atom is -0.466 e. The third-order valence-corrected chi connectivity index (χ3v) is 5.24. The molecule has 1 heterocycles. The number of imidazole rings is 1. The number of hydrogen-bond acceptors (Lipinski definition) is 3. The van der Waals surface area contributed by atoms with Crippen molar-refractivity contribution in [1.82, 2.24) is 9.55 Å². The van der Waals surface area contributed by atoms with Gasteiger partial charge in [-0.15, -0.1) is 0 Å². The first-order valence-corrected chi connectivity index (χ1v) is 10.3. The lowest BCUT2D eigenvalue weighted by molar-refractivity contribution is -0.134. The van der Waals surface area contributed by atoms with Crippen LogP contribution in [0.3, 0.4) is 0 Å². The van der Waals surface area contributed by atoms with Crippen LogP contribution >= 0.6 is 23.2 Å². The fraction of sp³-hybridized carbons (Fsp3) is 0.167. The van der Waals surface area contributed by atoms with Crippen LogP contribution in [0.25, 0.3) is 18.2 Å². The lowest BCUT2D eigenvalue weighted by Crippen LogP contribution is -2.07. The number of carbonyl (C=O) groups excluding carboxylic acids is 1. The molecule has 6 heteroatoms. The van der Waals surface area contributed by atoms with Crippen LogP contribution in [-0.4, -0.2) is 22.6 Å². The topological polar surface area (TPSA) is 44.1 Å². The van der Waals surface area contributed by atoms with Gasteiger partial charge in [-0.3, -0.25) is 0 Å². The Bertz CT molecular complexity index is 1090. The van der Waals surface area contributed by atoms with Gasteiger partial charge in [0, 0.05) is 17.5 Å². The van der Waals surface area contributed by atoms with Crippen molar-refractivity contribution in [1.29, 1.82) is 0 Å². The Morgan fingerprint density at radius 2 is 1.80 bits per heavy atom. The monoisotopic (exact) mass is 440 g/mol. The number of aryl methyl sites for hydroxylation is 1. The third-order valence-electron chi connectivity index (χ3n) is 4.61. The molecule has 3 rings (SSSR count). The van der Waals surface area contributed by atoms with Gasteiger partial charge >= 0.3 is 5.97 Å². The lowest BCUT2D eigenvalue weighted by atomic mass is 10.1. The van der Waals surface area contributed by atoms with Crippen LogP contribution in [0, 0.1) is 0 Å². The molecule has 4 nitrogen and oxygen atoms in total. The summed E-state index contributed by atoms with van der Waals surface area (Å²) in [4.78, 5) is 15.9. The van der Waals surface area contributed by atoms with Crippen molar-refractivity contribution in [3.05, 3.63) is 93.0 Å². The Labute approximate surface area is 186 Å². The maximum Gasteiger partial charge on any atom is 0.330 e. The minimum absolute atomic E-state index is 0.338. The van der Waals surface area contributed by atoms with Gasteiger partial charge in [0.1, 0.15) is 5.82 Å². The number of benzene rings is 2. The van der Waals surface area contributed by atoms with Crippen molar-refractivity contribution in [2.75, 3.05) is 7.11 Å². The molecule has 0 fully saturated rings. The van der Waals surface area contributed by atoms with Crippen molar-refractivity contribution in [2.45, 2.75) is 19.9 Å². The molecule has 154 valence electrons. The highest BCUT2D eigenvalue weighted by molar-refractivity contribution is 6.31. The van der Waals surface area contributed by atoms with E-state index in [1.807, 2.05) is 72.2 Å². The van der Waals surface area contributed by atoms with E-state index in [9.17, 15) is 4.79 Å². The lowest BCUT2D eigenvalue weighted by Gasteiger charge is -2.11. The Balaban J connectivity index is 1.86. The van der Waals surface area contributed by atoms with Crippen molar-refractivity contribution < 1.29 is 9.53 Å². The minimum atomic E-state index is -0.454. The maximum absolute atomic E-state index is 11.5. The molecule has 3 aromatic rings. The number of methoxy groups -OCH3 is 1. The van der Waals surface area contributed by atoms with Crippen LogP contribution in [0.2, 0.25) is 10.2 Å². The largest absolute Gasteiger partial charge is 0.466 e. The highest BCUT2D eigenvalue weighted by Crippen LogP contribution is 2.25. The number of carbonyl (C=O) groups is 1. The average molecular weight is 441 g/mol. The number of ether oxygens (including phenoxy) is 1. The Hall–Kier alpha value is -2.82. The van der Waals surface area contributed by atoms with Gasteiger partial charge < -0.3 is 9.30 Å². The maximum atomic E-state index is 11.5. The molecule has 0 radical (unpaired) electrons. The van der Waals surface area contributed by atoms with E-state index in [0.29, 0.717) is 28.8 Å². The fourth-order valence-electron chi connectivity index (χ4n) is 3.02. The zero-order chi connectivity index (χ0) is 21.5. The second-order valence-corrected chi connectivity index (χ2v) is 7.36. The smallest absolute Gasteiger partial charge is 0.330 e. The molecule has 0 aliphatic carbocycles. The summed E-state index contributed by atoms with van der Waals surface area (Å²) in [5.41, 5.74) is 3.71. The highest BCUT2D eigenvalue weighted by Gasteiger charge is 2.15. The molecule has 0 unspecified atom stereocenters. The molecule has 0 saturated heterocycles. The quantitative estimate of drug-likeness (QED) is 0.251. The average Bonchev–Trinajstić information content (AvgIpc) is 3.07. The summed E-state index contributed by atoms with van der Waals surface area (Å²) in [7, 11) is 1.33. The van der Waals surface area contributed by atoms with E-state index in [1.165, 1.54) is 13.2 Å². The van der Waals surface area contributed by atoms with Crippen molar-refractivity contribution in [3.63, 3.8) is 0 Å². The van der Waals surface area contributed by atoms with E-state index in [0.717, 1.165) is 22.5 Å². The SMILES string of the molecule is CCc1nc(Cl)c(/C=C/C(=O)OC)n1Cc1ccc(/C=C/c2ccccc2)cc1Cl. The number of rotatable bonds is 7. The number of nitrogens with zero attached hydrogens (tertiary/aromatic N) is 2. The van der Waals surface area contributed by atoms with Crippen molar-refractivity contribution in [2.24, 2.45) is 0 Å². The molecular formula is C24H22Cl2N2O2. The Morgan fingerprint density at radius 1 is 1.07 bits per heavy atom. The predicted octanol–water partition coefficient (Wildman–Crippen LogP) is 6.16. The van der Waals surface area contributed by atoms with Gasteiger partial charge in [0.05, 0.1) is 19.3 Å². The van der Waals surface area contributed by atoms with Crippen LogP contribution in [0.5, 0.6) is 0 Å². The van der Waals surface area contributed by atoms with E-state index >= 15 is 0 Å². The van der Waals surface area contributed by atoms with E-state index in [4.69, 9.17) is 23.2 Å². The molecular weight excluding hydrogens is 419 g/mol. The second kappa shape index (κ2) is 10.3. The highest BCUT2D eigenvalue weighted by atomic mass is 35.5. The number of esters is 1. The summed E-state index contributed by atoms with van der Waals surface area (Å²) in [5.74, 6) is 0.359. The number of aromatic nitrogens is 2. The van der Waals surface area contributed by atoms with Gasteiger partial charge in [-0.2, -0.15) is 0 Å². The molecule has 0 bridgehead atoms. The molecule has 0 spiro atoms. The molecule has 2 aromatic carbocycles. The first-order chi connectivity index (χ1) is 14.5. The number of hydrogen-bond donors (Lipinski definition) is 0. The Morgan fingerprint density at radius 3 is 2.47 bits per heavy atom. The first kappa shape index (κ1) is 21.9. The molecule has 0 atom stereocenters. The molecule has 0 amide bonds. The van der Waals surface area contributed by atoms with Crippen LogP contribution < -0.4 is 0 Å². The van der Waals surface area contributed by atoms with Gasteiger partial charge in [-0.1, -0.05) is 84.7 Å². The standard InChI is InChI=1S/C24H22Cl2N2O2/c1-3-22-27-24(26)21(13-14-23(29)30-2)28(22)16-19-12-11-18(15-20(19)25)10-9-17-7-5-4-6-8-17/h4-15H,3,16H2,1-2H3/b10-9+,14-13+. The summed E-state index contributed by atoms with van der Waals surface area (Å²) < 4.78 is 6.63. The van der Waals surface area contributed by atoms with Gasteiger partial charge in [0.15, 0.2) is 5.15 Å². The second-order valence-electron chi connectivity index (χ2n) is 6.60. The van der Waals surface area contributed by atoms with Gasteiger partial charge in [-0.05, 0) is 28.8 Å². The normalized spacial score (nSPS) is 11.5. The summed E-state index contributed by atoms with van der Waals surface area (Å²) in [6, 6.07) is 16.0. The van der Waals surface area contributed by atoms with E-state index in [-0.39, 0.29) is 0 Å². The molecule has 1 aromatic heterocycles.